The molecule has 0 unspecified atom stereocenters. The van der Waals surface area contributed by atoms with Crippen molar-refractivity contribution in [1.82, 2.24) is 15.2 Å². The van der Waals surface area contributed by atoms with Gasteiger partial charge < -0.3 is 5.32 Å². The van der Waals surface area contributed by atoms with Gasteiger partial charge in [0.25, 0.3) is 5.91 Å². The van der Waals surface area contributed by atoms with E-state index in [1.807, 2.05) is 38.1 Å². The van der Waals surface area contributed by atoms with E-state index in [9.17, 15) is 4.79 Å². The van der Waals surface area contributed by atoms with Gasteiger partial charge in [0.2, 0.25) is 0 Å². The molecule has 0 saturated heterocycles. The van der Waals surface area contributed by atoms with Gasteiger partial charge in [-0.3, -0.25) is 14.7 Å². The maximum absolute atomic E-state index is 12.7. The molecule has 0 aliphatic heterocycles. The molecule has 4 nitrogen and oxygen atoms in total. The molecule has 0 spiro atoms. The summed E-state index contributed by atoms with van der Waals surface area (Å²) in [5.74, 6) is -0.0245. The molecule has 1 N–H and O–H groups in total. The molecule has 0 atom stereocenters. The summed E-state index contributed by atoms with van der Waals surface area (Å²) in [6.45, 7) is 14.2. The first-order valence-electron chi connectivity index (χ1n) is 8.71. The molecule has 1 heterocycles. The van der Waals surface area contributed by atoms with E-state index in [0.717, 1.165) is 28.7 Å². The summed E-state index contributed by atoms with van der Waals surface area (Å²) in [6.07, 6.45) is 0. The second-order valence-electron chi connectivity index (χ2n) is 7.01. The van der Waals surface area contributed by atoms with E-state index in [1.165, 1.54) is 0 Å². The number of nitrogens with zero attached hydrogens (tertiary/aromatic N) is 2. The quantitative estimate of drug-likeness (QED) is 0.880. The van der Waals surface area contributed by atoms with Crippen LogP contribution in [0.15, 0.2) is 24.3 Å². The summed E-state index contributed by atoms with van der Waals surface area (Å²) >= 11 is 0. The highest BCUT2D eigenvalue weighted by Crippen LogP contribution is 2.20. The number of carbonyl (C=O) groups is 1. The molecule has 1 aromatic heterocycles. The number of benzene rings is 1. The minimum absolute atomic E-state index is 0.0245. The number of rotatable bonds is 6. The third-order valence-corrected chi connectivity index (χ3v) is 4.32. The lowest BCUT2D eigenvalue weighted by Crippen LogP contribution is -2.42. The van der Waals surface area contributed by atoms with Crippen molar-refractivity contribution in [2.75, 3.05) is 13.1 Å². The first-order valence-corrected chi connectivity index (χ1v) is 8.71. The minimum atomic E-state index is -0.0245. The largest absolute Gasteiger partial charge is 0.351 e. The van der Waals surface area contributed by atoms with Crippen molar-refractivity contribution >= 4 is 16.8 Å². The second-order valence-corrected chi connectivity index (χ2v) is 7.01. The Hall–Kier alpha value is -1.94. The van der Waals surface area contributed by atoms with Crippen molar-refractivity contribution < 1.29 is 4.79 Å². The maximum Gasteiger partial charge on any atom is 0.252 e. The molecule has 130 valence electrons. The van der Waals surface area contributed by atoms with Crippen molar-refractivity contribution in [3.63, 3.8) is 0 Å². The van der Waals surface area contributed by atoms with E-state index in [-0.39, 0.29) is 5.91 Å². The van der Waals surface area contributed by atoms with Crippen LogP contribution in [0, 0.1) is 13.8 Å². The number of hydrogen-bond donors (Lipinski definition) is 1. The lowest BCUT2D eigenvalue weighted by molar-refractivity contribution is 0.0941. The Balaban J connectivity index is 2.15. The highest BCUT2D eigenvalue weighted by atomic mass is 16.1. The van der Waals surface area contributed by atoms with Crippen molar-refractivity contribution in [1.29, 1.82) is 0 Å². The summed E-state index contributed by atoms with van der Waals surface area (Å²) in [4.78, 5) is 19.6. The molecule has 2 rings (SSSR count). The number of fused-ring (bicyclic) bond motifs is 1. The van der Waals surface area contributed by atoms with E-state index in [4.69, 9.17) is 0 Å². The fourth-order valence-corrected chi connectivity index (χ4v) is 3.17. The number of aryl methyl sites for hydroxylation is 2. The zero-order chi connectivity index (χ0) is 17.9. The molecule has 0 saturated carbocycles. The van der Waals surface area contributed by atoms with Crippen LogP contribution in [0.2, 0.25) is 0 Å². The smallest absolute Gasteiger partial charge is 0.252 e. The number of aromatic nitrogens is 1. The number of nitrogens with one attached hydrogen (secondary N) is 1. The standard InChI is InChI=1S/C20H29N3O/c1-13(2)23(14(3)4)10-9-21-20(24)18-12-16(6)22-19-8-7-15(5)11-17(18)19/h7-8,11-14H,9-10H2,1-6H3,(H,21,24). The molecular formula is C20H29N3O. The molecular weight excluding hydrogens is 298 g/mol. The van der Waals surface area contributed by atoms with Gasteiger partial charge in [0.05, 0.1) is 11.1 Å². The van der Waals surface area contributed by atoms with E-state index >= 15 is 0 Å². The third-order valence-electron chi connectivity index (χ3n) is 4.32. The molecule has 1 amide bonds. The topological polar surface area (TPSA) is 45.2 Å². The Kier molecular flexibility index (Phi) is 5.94. The van der Waals surface area contributed by atoms with Gasteiger partial charge in [0.15, 0.2) is 0 Å². The highest BCUT2D eigenvalue weighted by Gasteiger charge is 2.15. The Bertz CT molecular complexity index is 714. The van der Waals surface area contributed by atoms with E-state index in [2.05, 4.69) is 42.9 Å². The second kappa shape index (κ2) is 7.75. The van der Waals surface area contributed by atoms with Crippen LogP contribution in [0.4, 0.5) is 0 Å². The summed E-state index contributed by atoms with van der Waals surface area (Å²) in [7, 11) is 0. The van der Waals surface area contributed by atoms with Gasteiger partial charge in [0.1, 0.15) is 0 Å². The number of pyridine rings is 1. The van der Waals surface area contributed by atoms with E-state index in [0.29, 0.717) is 24.2 Å². The van der Waals surface area contributed by atoms with Gasteiger partial charge in [-0.25, -0.2) is 0 Å². The number of carbonyl (C=O) groups excluding carboxylic acids is 1. The third kappa shape index (κ3) is 4.32. The molecule has 2 aromatic rings. The fraction of sp³-hybridized carbons (Fsp3) is 0.500. The van der Waals surface area contributed by atoms with Crippen LogP contribution in [-0.4, -0.2) is 41.0 Å². The Morgan fingerprint density at radius 1 is 1.12 bits per heavy atom. The monoisotopic (exact) mass is 327 g/mol. The normalized spacial score (nSPS) is 11.7. The zero-order valence-corrected chi connectivity index (χ0v) is 15.7. The Morgan fingerprint density at radius 2 is 1.79 bits per heavy atom. The van der Waals surface area contributed by atoms with Crippen molar-refractivity contribution in [3.05, 3.63) is 41.1 Å². The molecule has 0 fully saturated rings. The molecule has 0 radical (unpaired) electrons. The Labute approximate surface area is 145 Å². The Morgan fingerprint density at radius 3 is 2.42 bits per heavy atom. The minimum Gasteiger partial charge on any atom is -0.351 e. The number of hydrogen-bond acceptors (Lipinski definition) is 3. The SMILES string of the molecule is Cc1ccc2nc(C)cc(C(=O)NCCN(C(C)C)C(C)C)c2c1. The van der Waals surface area contributed by atoms with Crippen LogP contribution < -0.4 is 5.32 Å². The van der Waals surface area contributed by atoms with E-state index < -0.39 is 0 Å². The average molecular weight is 327 g/mol. The number of amides is 1. The van der Waals surface area contributed by atoms with Crippen LogP contribution >= 0.6 is 0 Å². The van der Waals surface area contributed by atoms with Crippen molar-refractivity contribution in [2.24, 2.45) is 0 Å². The van der Waals surface area contributed by atoms with Gasteiger partial charge >= 0.3 is 0 Å². The van der Waals surface area contributed by atoms with Crippen LogP contribution in [-0.2, 0) is 0 Å². The molecule has 1 aromatic carbocycles. The van der Waals surface area contributed by atoms with Crippen LogP contribution in [0.25, 0.3) is 10.9 Å². The summed E-state index contributed by atoms with van der Waals surface area (Å²) in [6, 6.07) is 8.85. The van der Waals surface area contributed by atoms with Crippen LogP contribution in [0.3, 0.4) is 0 Å². The molecule has 24 heavy (non-hydrogen) atoms. The van der Waals surface area contributed by atoms with Gasteiger partial charge in [-0.2, -0.15) is 0 Å². The first kappa shape index (κ1) is 18.4. The fourth-order valence-electron chi connectivity index (χ4n) is 3.17. The summed E-state index contributed by atoms with van der Waals surface area (Å²) in [5, 5.41) is 3.99. The maximum atomic E-state index is 12.7. The lowest BCUT2D eigenvalue weighted by atomic mass is 10.0. The molecule has 0 aliphatic rings. The van der Waals surface area contributed by atoms with Gasteiger partial charge in [-0.1, -0.05) is 11.6 Å². The van der Waals surface area contributed by atoms with Crippen molar-refractivity contribution in [3.8, 4) is 0 Å². The van der Waals surface area contributed by atoms with Crippen LogP contribution in [0.1, 0.15) is 49.3 Å². The molecule has 0 aliphatic carbocycles. The van der Waals surface area contributed by atoms with Gasteiger partial charge in [-0.15, -0.1) is 0 Å². The predicted molar refractivity (Wildman–Crippen MR) is 101 cm³/mol. The summed E-state index contributed by atoms with van der Waals surface area (Å²) in [5.41, 5.74) is 3.58. The zero-order valence-electron chi connectivity index (χ0n) is 15.7. The lowest BCUT2D eigenvalue weighted by Gasteiger charge is -2.30. The van der Waals surface area contributed by atoms with E-state index in [1.54, 1.807) is 0 Å². The highest BCUT2D eigenvalue weighted by molar-refractivity contribution is 6.06. The predicted octanol–water partition coefficient (Wildman–Crippen LogP) is 3.70. The van der Waals surface area contributed by atoms with Gasteiger partial charge in [0, 0.05) is 36.3 Å². The van der Waals surface area contributed by atoms with Crippen molar-refractivity contribution in [2.45, 2.75) is 53.6 Å². The van der Waals surface area contributed by atoms with Gasteiger partial charge in [-0.05, 0) is 59.7 Å². The van der Waals surface area contributed by atoms with Crippen LogP contribution in [0.5, 0.6) is 0 Å². The molecule has 0 bridgehead atoms. The molecule has 4 heteroatoms. The summed E-state index contributed by atoms with van der Waals surface area (Å²) < 4.78 is 0. The average Bonchev–Trinajstić information content (AvgIpc) is 2.50. The first-order chi connectivity index (χ1) is 11.3.